The molecule has 0 bridgehead atoms. The van der Waals surface area contributed by atoms with Gasteiger partial charge in [-0.15, -0.1) is 0 Å². The number of carbonyl (C=O) groups excluding carboxylic acids is 2. The number of nitrogens with zero attached hydrogens (tertiary/aromatic N) is 2. The number of furan rings is 2. The molecule has 7 nitrogen and oxygen atoms in total. The van der Waals surface area contributed by atoms with E-state index in [-0.39, 0.29) is 17.9 Å². The third-order valence-corrected chi connectivity index (χ3v) is 5.57. The summed E-state index contributed by atoms with van der Waals surface area (Å²) in [5, 5.41) is 11.9. The number of aryl methyl sites for hydroxylation is 1. The number of carbonyl (C=O) groups is 2. The Bertz CT molecular complexity index is 1390. The van der Waals surface area contributed by atoms with Crippen molar-refractivity contribution in [2.45, 2.75) is 19.5 Å². The van der Waals surface area contributed by atoms with Crippen molar-refractivity contribution in [1.29, 1.82) is 0 Å². The number of benzene rings is 1. The number of halogens is 1. The van der Waals surface area contributed by atoms with E-state index in [0.29, 0.717) is 33.2 Å². The van der Waals surface area contributed by atoms with E-state index in [9.17, 15) is 14.7 Å². The van der Waals surface area contributed by atoms with Crippen molar-refractivity contribution in [3.63, 3.8) is 0 Å². The van der Waals surface area contributed by atoms with Crippen molar-refractivity contribution >= 4 is 34.3 Å². The van der Waals surface area contributed by atoms with Crippen LogP contribution in [0.2, 0.25) is 5.02 Å². The SMILES string of the molecule is Cc1ccc(C2C(C(=O)c3cc4cc(Cl)ccc4o3)=C(O)C(=O)N2Cc2ccccn2)o1. The van der Waals surface area contributed by atoms with Gasteiger partial charge in [0.2, 0.25) is 5.78 Å². The van der Waals surface area contributed by atoms with E-state index in [2.05, 4.69) is 4.98 Å². The molecule has 32 heavy (non-hydrogen) atoms. The second-order valence-corrected chi connectivity index (χ2v) is 7.93. The normalized spacial score (nSPS) is 16.4. The quantitative estimate of drug-likeness (QED) is 0.423. The molecule has 0 fully saturated rings. The third kappa shape index (κ3) is 3.36. The van der Waals surface area contributed by atoms with Crippen LogP contribution in [0.25, 0.3) is 11.0 Å². The number of pyridine rings is 1. The van der Waals surface area contributed by atoms with Crippen LogP contribution in [0.1, 0.15) is 33.8 Å². The first-order valence-corrected chi connectivity index (χ1v) is 10.2. The van der Waals surface area contributed by atoms with Gasteiger partial charge in [0.05, 0.1) is 17.8 Å². The van der Waals surface area contributed by atoms with E-state index in [1.165, 1.54) is 4.90 Å². The topological polar surface area (TPSA) is 96.8 Å². The second kappa shape index (κ2) is 7.69. The molecule has 4 aromatic rings. The van der Waals surface area contributed by atoms with Crippen LogP contribution in [0.4, 0.5) is 0 Å². The molecule has 1 atom stereocenters. The predicted octanol–water partition coefficient (Wildman–Crippen LogP) is 5.16. The summed E-state index contributed by atoms with van der Waals surface area (Å²) in [4.78, 5) is 32.1. The minimum atomic E-state index is -0.928. The molecule has 0 saturated heterocycles. The molecule has 4 heterocycles. The Labute approximate surface area is 187 Å². The van der Waals surface area contributed by atoms with Crippen molar-refractivity contribution in [3.8, 4) is 0 Å². The maximum absolute atomic E-state index is 13.5. The zero-order valence-electron chi connectivity index (χ0n) is 16.9. The summed E-state index contributed by atoms with van der Waals surface area (Å²) in [5.41, 5.74) is 0.970. The number of aromatic nitrogens is 1. The zero-order valence-corrected chi connectivity index (χ0v) is 17.7. The highest BCUT2D eigenvalue weighted by Gasteiger charge is 2.46. The highest BCUT2D eigenvalue weighted by atomic mass is 35.5. The first-order valence-electron chi connectivity index (χ1n) is 9.86. The van der Waals surface area contributed by atoms with E-state index in [1.54, 1.807) is 67.7 Å². The average Bonchev–Trinajstić information content (AvgIpc) is 3.46. The fourth-order valence-electron chi connectivity index (χ4n) is 3.87. The van der Waals surface area contributed by atoms with E-state index < -0.39 is 23.5 Å². The first-order chi connectivity index (χ1) is 15.4. The van der Waals surface area contributed by atoms with Crippen LogP contribution in [0.15, 0.2) is 81.0 Å². The number of rotatable bonds is 5. The molecule has 5 rings (SSSR count). The highest BCUT2D eigenvalue weighted by Crippen LogP contribution is 2.41. The molecule has 0 saturated carbocycles. The second-order valence-electron chi connectivity index (χ2n) is 7.49. The largest absolute Gasteiger partial charge is 0.503 e. The summed E-state index contributed by atoms with van der Waals surface area (Å²) in [6.07, 6.45) is 1.61. The Balaban J connectivity index is 1.59. The van der Waals surface area contributed by atoms with Gasteiger partial charge in [0.1, 0.15) is 23.1 Å². The predicted molar refractivity (Wildman–Crippen MR) is 116 cm³/mol. The van der Waals surface area contributed by atoms with Crippen molar-refractivity contribution in [2.24, 2.45) is 0 Å². The summed E-state index contributed by atoms with van der Waals surface area (Å²) in [5.74, 6) is -0.962. The summed E-state index contributed by atoms with van der Waals surface area (Å²) in [6, 6.07) is 14.3. The van der Waals surface area contributed by atoms with Gasteiger partial charge in [0, 0.05) is 16.6 Å². The standard InChI is InChI=1S/C24H17ClN2O5/c1-13-5-7-18(31-13)21-20(22(28)19-11-14-10-15(25)6-8-17(14)32-19)23(29)24(30)27(21)12-16-4-2-3-9-26-16/h2-11,21,29H,12H2,1H3. The van der Waals surface area contributed by atoms with Gasteiger partial charge in [-0.3, -0.25) is 14.6 Å². The molecule has 0 spiro atoms. The Morgan fingerprint density at radius 2 is 2.00 bits per heavy atom. The van der Waals surface area contributed by atoms with Crippen LogP contribution in [-0.2, 0) is 11.3 Å². The first kappa shape index (κ1) is 20.1. The highest BCUT2D eigenvalue weighted by molar-refractivity contribution is 6.31. The summed E-state index contributed by atoms with van der Waals surface area (Å²) < 4.78 is 11.5. The maximum atomic E-state index is 13.5. The number of Topliss-reactive ketones (excluding diaryl/α,β-unsaturated/α-hetero) is 1. The van der Waals surface area contributed by atoms with Gasteiger partial charge in [0.25, 0.3) is 5.91 Å². The van der Waals surface area contributed by atoms with Crippen LogP contribution in [0.5, 0.6) is 0 Å². The number of hydrogen-bond donors (Lipinski definition) is 1. The van der Waals surface area contributed by atoms with Crippen LogP contribution in [-0.4, -0.2) is 26.7 Å². The van der Waals surface area contributed by atoms with Crippen molar-refractivity contribution in [2.75, 3.05) is 0 Å². The lowest BCUT2D eigenvalue weighted by Crippen LogP contribution is -2.30. The molecule has 160 valence electrons. The molecule has 1 aliphatic heterocycles. The fraction of sp³-hybridized carbons (Fsp3) is 0.125. The van der Waals surface area contributed by atoms with Gasteiger partial charge >= 0.3 is 0 Å². The number of ketones is 1. The number of amides is 1. The molecule has 1 unspecified atom stereocenters. The summed E-state index contributed by atoms with van der Waals surface area (Å²) in [7, 11) is 0. The number of hydrogen-bond acceptors (Lipinski definition) is 6. The molecule has 1 aromatic carbocycles. The Morgan fingerprint density at radius 1 is 1.16 bits per heavy atom. The van der Waals surface area contributed by atoms with Crippen LogP contribution < -0.4 is 0 Å². The third-order valence-electron chi connectivity index (χ3n) is 5.34. The molecular weight excluding hydrogens is 432 g/mol. The smallest absolute Gasteiger partial charge is 0.290 e. The van der Waals surface area contributed by atoms with Crippen molar-refractivity contribution in [3.05, 3.63) is 100 Å². The molecule has 8 heteroatoms. The number of aliphatic hydroxyl groups excluding tert-OH is 1. The summed E-state index contributed by atoms with van der Waals surface area (Å²) in [6.45, 7) is 1.85. The van der Waals surface area contributed by atoms with E-state index in [1.807, 2.05) is 0 Å². The van der Waals surface area contributed by atoms with Gasteiger partial charge in [-0.2, -0.15) is 0 Å². The lowest BCUT2D eigenvalue weighted by atomic mass is 9.99. The van der Waals surface area contributed by atoms with Gasteiger partial charge in [-0.05, 0) is 55.5 Å². The zero-order chi connectivity index (χ0) is 22.4. The fourth-order valence-corrected chi connectivity index (χ4v) is 4.05. The number of aliphatic hydroxyl groups is 1. The van der Waals surface area contributed by atoms with Crippen LogP contribution in [0.3, 0.4) is 0 Å². The van der Waals surface area contributed by atoms with Crippen molar-refractivity contribution in [1.82, 2.24) is 9.88 Å². The molecule has 1 amide bonds. The Kier molecular flexibility index (Phi) is 4.83. The molecule has 1 aliphatic rings. The van der Waals surface area contributed by atoms with E-state index in [0.717, 1.165) is 0 Å². The average molecular weight is 449 g/mol. The van der Waals surface area contributed by atoms with Gasteiger partial charge in [-0.1, -0.05) is 17.7 Å². The molecular formula is C24H17ClN2O5. The maximum Gasteiger partial charge on any atom is 0.290 e. The van der Waals surface area contributed by atoms with E-state index >= 15 is 0 Å². The van der Waals surface area contributed by atoms with Crippen molar-refractivity contribution < 1.29 is 23.5 Å². The van der Waals surface area contributed by atoms with Crippen LogP contribution >= 0.6 is 11.6 Å². The monoisotopic (exact) mass is 448 g/mol. The molecule has 1 N–H and O–H groups in total. The molecule has 0 aliphatic carbocycles. The lowest BCUT2D eigenvalue weighted by Gasteiger charge is -2.24. The van der Waals surface area contributed by atoms with E-state index in [4.69, 9.17) is 20.4 Å². The number of fused-ring (bicyclic) bond motifs is 1. The molecule has 3 aromatic heterocycles. The molecule has 0 radical (unpaired) electrons. The lowest BCUT2D eigenvalue weighted by molar-refractivity contribution is -0.130. The van der Waals surface area contributed by atoms with Gasteiger partial charge in [-0.25, -0.2) is 0 Å². The minimum absolute atomic E-state index is 0.00965. The summed E-state index contributed by atoms with van der Waals surface area (Å²) >= 11 is 6.03. The van der Waals surface area contributed by atoms with Gasteiger partial charge < -0.3 is 18.8 Å². The Morgan fingerprint density at radius 3 is 2.72 bits per heavy atom. The van der Waals surface area contributed by atoms with Crippen LogP contribution in [0, 0.1) is 6.92 Å². The minimum Gasteiger partial charge on any atom is -0.503 e. The van der Waals surface area contributed by atoms with Gasteiger partial charge in [0.15, 0.2) is 11.5 Å². The Hall–Kier alpha value is -3.84.